The molecular weight excluding hydrogens is 484 g/mol. The zero-order chi connectivity index (χ0) is 26.5. The van der Waals surface area contributed by atoms with Crippen molar-refractivity contribution in [3.05, 3.63) is 95.2 Å². The van der Waals surface area contributed by atoms with E-state index < -0.39 is 22.9 Å². The summed E-state index contributed by atoms with van der Waals surface area (Å²) in [6, 6.07) is 20.6. The molecular formula is C30H32N2O4S. The number of aromatic hydroxyl groups is 1. The summed E-state index contributed by atoms with van der Waals surface area (Å²) in [6.07, 6.45) is 1.37. The summed E-state index contributed by atoms with van der Waals surface area (Å²) >= 11 is 0. The fourth-order valence-electron chi connectivity index (χ4n) is 5.59. The summed E-state index contributed by atoms with van der Waals surface area (Å²) in [5.41, 5.74) is 8.87. The minimum Gasteiger partial charge on any atom is -0.507 e. The molecule has 2 aliphatic heterocycles. The van der Waals surface area contributed by atoms with Crippen molar-refractivity contribution in [1.29, 1.82) is 0 Å². The molecule has 3 aromatic carbocycles. The average Bonchev–Trinajstić information content (AvgIpc) is 3.23. The molecule has 0 aromatic heterocycles. The SMILES string of the molecule is Cc1ccc(S(=O)c2c(O)ccc3c2C2C(O3)N(Cc3ccccc3)C=C(C(N)=O)C2C(C)(C)C)cc1. The summed E-state index contributed by atoms with van der Waals surface area (Å²) in [7, 11) is -1.66. The van der Waals surface area contributed by atoms with Gasteiger partial charge in [-0.2, -0.15) is 0 Å². The van der Waals surface area contributed by atoms with E-state index in [4.69, 9.17) is 10.5 Å². The Morgan fingerprint density at radius 2 is 1.73 bits per heavy atom. The van der Waals surface area contributed by atoms with Gasteiger partial charge < -0.3 is 20.5 Å². The molecule has 0 saturated carbocycles. The van der Waals surface area contributed by atoms with Crippen molar-refractivity contribution in [3.63, 3.8) is 0 Å². The molecule has 0 radical (unpaired) electrons. The lowest BCUT2D eigenvalue weighted by Gasteiger charge is -2.45. The zero-order valence-corrected chi connectivity index (χ0v) is 22.3. The number of amides is 1. The topological polar surface area (TPSA) is 92.9 Å². The van der Waals surface area contributed by atoms with E-state index >= 15 is 0 Å². The van der Waals surface area contributed by atoms with Crippen molar-refractivity contribution in [3.8, 4) is 11.5 Å². The van der Waals surface area contributed by atoms with Crippen molar-refractivity contribution in [2.45, 2.75) is 56.2 Å². The maximum absolute atomic E-state index is 13.9. The monoisotopic (exact) mass is 516 g/mol. The van der Waals surface area contributed by atoms with Crippen LogP contribution < -0.4 is 10.5 Å². The van der Waals surface area contributed by atoms with Crippen LogP contribution >= 0.6 is 0 Å². The van der Waals surface area contributed by atoms with Crippen LogP contribution in [0.2, 0.25) is 0 Å². The normalized spacial score (nSPS) is 21.5. The fourth-order valence-corrected chi connectivity index (χ4v) is 6.91. The van der Waals surface area contributed by atoms with Crippen LogP contribution in [0.5, 0.6) is 11.5 Å². The van der Waals surface area contributed by atoms with Crippen LogP contribution in [-0.4, -0.2) is 26.4 Å². The van der Waals surface area contributed by atoms with E-state index in [-0.39, 0.29) is 23.0 Å². The summed E-state index contributed by atoms with van der Waals surface area (Å²) in [4.78, 5) is 15.7. The predicted octanol–water partition coefficient (Wildman–Crippen LogP) is 5.22. The Morgan fingerprint density at radius 3 is 2.35 bits per heavy atom. The average molecular weight is 517 g/mol. The van der Waals surface area contributed by atoms with Gasteiger partial charge in [0.2, 0.25) is 5.91 Å². The van der Waals surface area contributed by atoms with Crippen LogP contribution in [0.25, 0.3) is 0 Å². The summed E-state index contributed by atoms with van der Waals surface area (Å²) in [5, 5.41) is 11.0. The number of hydrogen-bond acceptors (Lipinski definition) is 5. The van der Waals surface area contributed by atoms with Crippen LogP contribution in [0.3, 0.4) is 0 Å². The van der Waals surface area contributed by atoms with Crippen LogP contribution in [-0.2, 0) is 22.1 Å². The van der Waals surface area contributed by atoms with Gasteiger partial charge in [0, 0.05) is 34.7 Å². The lowest BCUT2D eigenvalue weighted by atomic mass is 9.65. The number of phenols is 1. The molecule has 0 spiro atoms. The highest BCUT2D eigenvalue weighted by Gasteiger charge is 2.53. The number of aryl methyl sites for hydroxylation is 1. The predicted molar refractivity (Wildman–Crippen MR) is 143 cm³/mol. The first-order valence-corrected chi connectivity index (χ1v) is 13.5. The standard InChI is InChI=1S/C30H32N2O4S/c1-18-10-12-20(13-11-18)37(35)27-22(33)14-15-23-24(27)25-26(30(2,3)4)21(28(31)34)17-32(29(25)36-23)16-19-8-6-5-7-9-19/h5-15,17,25-26,29,33H,16H2,1-4H3,(H2,31,34). The molecule has 0 bridgehead atoms. The van der Waals surface area contributed by atoms with Crippen molar-refractivity contribution >= 4 is 16.7 Å². The fraction of sp³-hybridized carbons (Fsp3) is 0.300. The van der Waals surface area contributed by atoms with Gasteiger partial charge in [-0.15, -0.1) is 0 Å². The molecule has 0 saturated heterocycles. The number of nitrogens with zero attached hydrogens (tertiary/aromatic N) is 1. The number of phenolic OH excluding ortho intramolecular Hbond substituents is 1. The third kappa shape index (κ3) is 4.53. The lowest BCUT2D eigenvalue weighted by molar-refractivity contribution is -0.116. The van der Waals surface area contributed by atoms with Crippen LogP contribution in [0.15, 0.2) is 88.3 Å². The van der Waals surface area contributed by atoms with Crippen molar-refractivity contribution < 1.29 is 18.8 Å². The highest BCUT2D eigenvalue weighted by Crippen LogP contribution is 2.57. The molecule has 5 rings (SSSR count). The molecule has 2 aliphatic rings. The maximum atomic E-state index is 13.9. The Balaban J connectivity index is 1.69. The molecule has 4 atom stereocenters. The van der Waals surface area contributed by atoms with E-state index in [0.29, 0.717) is 33.2 Å². The zero-order valence-electron chi connectivity index (χ0n) is 21.5. The third-order valence-electron chi connectivity index (χ3n) is 7.20. The van der Waals surface area contributed by atoms with E-state index in [0.717, 1.165) is 11.1 Å². The molecule has 4 unspecified atom stereocenters. The van der Waals surface area contributed by atoms with Gasteiger partial charge in [-0.05, 0) is 42.2 Å². The van der Waals surface area contributed by atoms with Gasteiger partial charge in [0.25, 0.3) is 0 Å². The van der Waals surface area contributed by atoms with E-state index in [9.17, 15) is 14.1 Å². The van der Waals surface area contributed by atoms with Gasteiger partial charge in [-0.3, -0.25) is 4.79 Å². The molecule has 7 heteroatoms. The molecule has 0 aliphatic carbocycles. The smallest absolute Gasteiger partial charge is 0.246 e. The summed E-state index contributed by atoms with van der Waals surface area (Å²) in [5.74, 6) is -0.679. The Morgan fingerprint density at radius 1 is 1.05 bits per heavy atom. The van der Waals surface area contributed by atoms with Gasteiger partial charge in [0.05, 0.1) is 21.6 Å². The largest absolute Gasteiger partial charge is 0.507 e. The number of ether oxygens (including phenoxy) is 1. The van der Waals surface area contributed by atoms with Crippen LogP contribution in [0.1, 0.15) is 43.4 Å². The van der Waals surface area contributed by atoms with Crippen LogP contribution in [0, 0.1) is 18.3 Å². The van der Waals surface area contributed by atoms with E-state index in [2.05, 4.69) is 20.8 Å². The Hall–Kier alpha value is -3.58. The number of fused-ring (bicyclic) bond motifs is 3. The first-order valence-electron chi connectivity index (χ1n) is 12.4. The second kappa shape index (κ2) is 9.38. The number of nitrogens with two attached hydrogens (primary N) is 1. The number of primary amides is 1. The van der Waals surface area contributed by atoms with E-state index in [1.165, 1.54) is 6.07 Å². The first-order chi connectivity index (χ1) is 17.6. The molecule has 2 heterocycles. The molecule has 6 nitrogen and oxygen atoms in total. The molecule has 0 fully saturated rings. The Labute approximate surface area is 220 Å². The van der Waals surface area contributed by atoms with E-state index in [1.54, 1.807) is 6.07 Å². The Bertz CT molecular complexity index is 1390. The summed E-state index contributed by atoms with van der Waals surface area (Å²) in [6.45, 7) is 8.67. The van der Waals surface area contributed by atoms with Crippen molar-refractivity contribution in [2.24, 2.45) is 17.1 Å². The van der Waals surface area contributed by atoms with Crippen LogP contribution in [0.4, 0.5) is 0 Å². The number of rotatable bonds is 5. The second-order valence-electron chi connectivity index (χ2n) is 10.9. The third-order valence-corrected chi connectivity index (χ3v) is 8.70. The van der Waals surface area contributed by atoms with Gasteiger partial charge in [0.1, 0.15) is 11.5 Å². The first kappa shape index (κ1) is 25.1. The maximum Gasteiger partial charge on any atom is 0.246 e. The number of benzene rings is 3. The van der Waals surface area contributed by atoms with Gasteiger partial charge in [0.15, 0.2) is 6.23 Å². The second-order valence-corrected chi connectivity index (χ2v) is 12.3. The van der Waals surface area contributed by atoms with Gasteiger partial charge in [-0.1, -0.05) is 68.8 Å². The minimum absolute atomic E-state index is 0.0562. The minimum atomic E-state index is -1.66. The quantitative estimate of drug-likeness (QED) is 0.485. The number of carbonyl (C=O) groups excluding carboxylic acids is 1. The van der Waals surface area contributed by atoms with E-state index in [1.807, 2.05) is 72.6 Å². The highest BCUT2D eigenvalue weighted by atomic mass is 32.2. The molecule has 192 valence electrons. The molecule has 3 N–H and O–H groups in total. The van der Waals surface area contributed by atoms with Gasteiger partial charge >= 0.3 is 0 Å². The van der Waals surface area contributed by atoms with Crippen molar-refractivity contribution in [2.75, 3.05) is 0 Å². The molecule has 37 heavy (non-hydrogen) atoms. The highest BCUT2D eigenvalue weighted by molar-refractivity contribution is 7.85. The Kier molecular flexibility index (Phi) is 6.36. The van der Waals surface area contributed by atoms with Crippen molar-refractivity contribution in [1.82, 2.24) is 4.90 Å². The molecule has 3 aromatic rings. The molecule has 1 amide bonds. The number of hydrogen-bond donors (Lipinski definition) is 2. The summed E-state index contributed by atoms with van der Waals surface area (Å²) < 4.78 is 20.5. The van der Waals surface area contributed by atoms with Gasteiger partial charge in [-0.25, -0.2) is 4.21 Å². The number of carbonyl (C=O) groups is 1. The lowest BCUT2D eigenvalue weighted by Crippen LogP contribution is -2.49.